The topological polar surface area (TPSA) is 137 Å². The van der Waals surface area contributed by atoms with Crippen molar-refractivity contribution in [1.82, 2.24) is 5.43 Å². The fourth-order valence-electron chi connectivity index (χ4n) is 1.59. The molecule has 0 heterocycles. The van der Waals surface area contributed by atoms with Crippen LogP contribution in [0.1, 0.15) is 25.0 Å². The number of nitrogens with one attached hydrogen (secondary N) is 1. The number of carboxylic acids is 2. The molecule has 8 nitrogen and oxygen atoms in total. The van der Waals surface area contributed by atoms with Crippen LogP contribution in [0.3, 0.4) is 0 Å². The number of carbonyl (C=O) groups is 2. The number of aliphatic imine (C=N–C) groups is 1. The number of halogens is 2. The Balaban J connectivity index is 0.000000837. The smallest absolute Gasteiger partial charge is 0.300 e. The van der Waals surface area contributed by atoms with Gasteiger partial charge in [-0.15, -0.1) is 0 Å². The van der Waals surface area contributed by atoms with E-state index in [0.717, 1.165) is 19.4 Å². The molecule has 2 aromatic carbocycles. The van der Waals surface area contributed by atoms with E-state index < -0.39 is 11.9 Å². The number of nitrogens with zero attached hydrogens (tertiary/aromatic N) is 2. The number of guanidine groups is 1. The van der Waals surface area contributed by atoms with Crippen molar-refractivity contribution < 1.29 is 19.8 Å². The summed E-state index contributed by atoms with van der Waals surface area (Å²) in [7, 11) is 0. The molecule has 156 valence electrons. The van der Waals surface area contributed by atoms with Crippen molar-refractivity contribution in [2.75, 3.05) is 0 Å². The minimum Gasteiger partial charge on any atom is -0.481 e. The largest absolute Gasteiger partial charge is 0.481 e. The molecule has 29 heavy (non-hydrogen) atoms. The summed E-state index contributed by atoms with van der Waals surface area (Å²) in [5.74, 6) is -1.45. The summed E-state index contributed by atoms with van der Waals surface area (Å²) in [6.07, 6.45) is 1.51. The predicted octanol–water partition coefficient (Wildman–Crippen LogP) is 3.61. The van der Waals surface area contributed by atoms with Crippen LogP contribution in [-0.2, 0) is 16.1 Å². The summed E-state index contributed by atoms with van der Waals surface area (Å²) < 4.78 is 0. The molecule has 0 aromatic heterocycles. The molecule has 0 aliphatic carbocycles. The standard InChI is InChI=1S/C15H14Cl2N4.2C2H4O2/c16-13-7-4-8-14(17)12(13)10-20-21-15(18)19-9-11-5-2-1-3-6-11;2*1-2(3)4/h1-8,10H,9H2,(H3,18,19,21);2*1H3,(H,3,4). The van der Waals surface area contributed by atoms with Crippen LogP contribution in [0.25, 0.3) is 0 Å². The van der Waals surface area contributed by atoms with Gasteiger partial charge in [-0.25, -0.2) is 10.4 Å². The maximum absolute atomic E-state index is 9.00. The number of benzene rings is 2. The highest BCUT2D eigenvalue weighted by atomic mass is 35.5. The summed E-state index contributed by atoms with van der Waals surface area (Å²) in [5, 5.41) is 19.9. The van der Waals surface area contributed by atoms with Gasteiger partial charge in [-0.2, -0.15) is 5.10 Å². The minimum absolute atomic E-state index is 0.221. The van der Waals surface area contributed by atoms with Gasteiger partial charge in [-0.05, 0) is 17.7 Å². The molecule has 0 aliphatic heterocycles. The third kappa shape index (κ3) is 14.6. The van der Waals surface area contributed by atoms with Gasteiger partial charge >= 0.3 is 0 Å². The molecule has 0 saturated heterocycles. The molecule has 0 fully saturated rings. The van der Waals surface area contributed by atoms with Crippen LogP contribution < -0.4 is 11.2 Å². The van der Waals surface area contributed by atoms with Gasteiger partial charge in [0.05, 0.1) is 22.8 Å². The third-order valence-corrected chi connectivity index (χ3v) is 3.31. The number of hydrazone groups is 1. The average Bonchev–Trinajstić information content (AvgIpc) is 2.62. The fraction of sp³-hybridized carbons (Fsp3) is 0.158. The van der Waals surface area contributed by atoms with Crippen LogP contribution in [0.5, 0.6) is 0 Å². The highest BCUT2D eigenvalue weighted by molar-refractivity contribution is 6.38. The van der Waals surface area contributed by atoms with E-state index in [0.29, 0.717) is 22.2 Å². The first-order chi connectivity index (χ1) is 13.6. The molecule has 0 amide bonds. The van der Waals surface area contributed by atoms with Gasteiger partial charge < -0.3 is 15.9 Å². The van der Waals surface area contributed by atoms with Gasteiger partial charge in [0.25, 0.3) is 11.9 Å². The van der Waals surface area contributed by atoms with E-state index >= 15 is 0 Å². The van der Waals surface area contributed by atoms with Crippen LogP contribution in [0.15, 0.2) is 58.6 Å². The molecule has 0 spiro atoms. The Bertz CT molecular complexity index is 803. The number of carboxylic acid groups (broad SMARTS) is 2. The second-order valence-electron chi connectivity index (χ2n) is 5.23. The Hall–Kier alpha value is -3.10. The first kappa shape index (κ1) is 25.9. The molecule has 0 bridgehead atoms. The lowest BCUT2D eigenvalue weighted by atomic mass is 10.2. The number of hydrogen-bond donors (Lipinski definition) is 4. The van der Waals surface area contributed by atoms with E-state index in [4.69, 9.17) is 48.7 Å². The first-order valence-corrected chi connectivity index (χ1v) is 8.85. The number of nitrogens with two attached hydrogens (primary N) is 1. The molecule has 2 aromatic rings. The summed E-state index contributed by atoms with van der Waals surface area (Å²) in [4.78, 5) is 22.2. The van der Waals surface area contributed by atoms with Crippen molar-refractivity contribution in [1.29, 1.82) is 0 Å². The van der Waals surface area contributed by atoms with Crippen molar-refractivity contribution in [2.24, 2.45) is 15.8 Å². The van der Waals surface area contributed by atoms with Crippen molar-refractivity contribution in [3.63, 3.8) is 0 Å². The van der Waals surface area contributed by atoms with Crippen molar-refractivity contribution in [2.45, 2.75) is 20.4 Å². The van der Waals surface area contributed by atoms with E-state index in [1.807, 2.05) is 30.3 Å². The zero-order valence-electron chi connectivity index (χ0n) is 15.8. The van der Waals surface area contributed by atoms with Gasteiger partial charge in [0.15, 0.2) is 0 Å². The Morgan fingerprint density at radius 1 is 1.00 bits per heavy atom. The molecule has 0 radical (unpaired) electrons. The highest BCUT2D eigenvalue weighted by Crippen LogP contribution is 2.21. The van der Waals surface area contributed by atoms with Crippen LogP contribution >= 0.6 is 23.2 Å². The molecule has 0 saturated carbocycles. The van der Waals surface area contributed by atoms with E-state index in [2.05, 4.69) is 15.5 Å². The summed E-state index contributed by atoms with van der Waals surface area (Å²) in [5.41, 5.74) is 10.1. The highest BCUT2D eigenvalue weighted by Gasteiger charge is 2.01. The van der Waals surface area contributed by atoms with Crippen LogP contribution in [0.4, 0.5) is 0 Å². The lowest BCUT2D eigenvalue weighted by Crippen LogP contribution is -2.27. The van der Waals surface area contributed by atoms with Gasteiger partial charge in [-0.1, -0.05) is 59.6 Å². The maximum atomic E-state index is 9.00. The number of hydrogen-bond acceptors (Lipinski definition) is 4. The quantitative estimate of drug-likeness (QED) is 0.325. The van der Waals surface area contributed by atoms with Crippen molar-refractivity contribution >= 4 is 47.3 Å². The van der Waals surface area contributed by atoms with Gasteiger partial charge in [0.1, 0.15) is 0 Å². The Kier molecular flexibility index (Phi) is 13.3. The van der Waals surface area contributed by atoms with Gasteiger partial charge in [-0.3, -0.25) is 9.59 Å². The van der Waals surface area contributed by atoms with Crippen molar-refractivity contribution in [3.8, 4) is 0 Å². The van der Waals surface area contributed by atoms with E-state index in [1.54, 1.807) is 18.2 Å². The van der Waals surface area contributed by atoms with Crippen LogP contribution in [-0.4, -0.2) is 34.3 Å². The van der Waals surface area contributed by atoms with Gasteiger partial charge in [0.2, 0.25) is 5.96 Å². The second-order valence-corrected chi connectivity index (χ2v) is 6.04. The SMILES string of the molecule is CC(=O)O.CC(=O)O.NC(=NCc1ccccc1)NN=Cc1c(Cl)cccc1Cl. The zero-order chi connectivity index (χ0) is 22.2. The van der Waals surface area contributed by atoms with Crippen LogP contribution in [0, 0.1) is 0 Å². The summed E-state index contributed by atoms with van der Waals surface area (Å²) in [6.45, 7) is 2.65. The Morgan fingerprint density at radius 2 is 1.48 bits per heavy atom. The molecule has 5 N–H and O–H groups in total. The van der Waals surface area contributed by atoms with Gasteiger partial charge in [0, 0.05) is 19.4 Å². The monoisotopic (exact) mass is 440 g/mol. The molecular formula is C19H22Cl2N4O4. The van der Waals surface area contributed by atoms with Crippen LogP contribution in [0.2, 0.25) is 10.0 Å². The lowest BCUT2D eigenvalue weighted by Gasteiger charge is -2.02. The molecular weight excluding hydrogens is 419 g/mol. The second kappa shape index (κ2) is 14.9. The number of aliphatic carboxylic acids is 2. The van der Waals surface area contributed by atoms with E-state index in [-0.39, 0.29) is 5.96 Å². The minimum atomic E-state index is -0.833. The maximum Gasteiger partial charge on any atom is 0.300 e. The molecule has 0 atom stereocenters. The van der Waals surface area contributed by atoms with Crippen molar-refractivity contribution in [3.05, 3.63) is 69.7 Å². The fourth-order valence-corrected chi connectivity index (χ4v) is 2.09. The molecule has 10 heteroatoms. The summed E-state index contributed by atoms with van der Waals surface area (Å²) in [6, 6.07) is 15.0. The predicted molar refractivity (Wildman–Crippen MR) is 116 cm³/mol. The molecule has 0 aliphatic rings. The lowest BCUT2D eigenvalue weighted by molar-refractivity contribution is -0.135. The van der Waals surface area contributed by atoms with E-state index in [1.165, 1.54) is 6.21 Å². The Morgan fingerprint density at radius 3 is 1.97 bits per heavy atom. The van der Waals surface area contributed by atoms with E-state index in [9.17, 15) is 0 Å². The molecule has 0 unspecified atom stereocenters. The zero-order valence-corrected chi connectivity index (χ0v) is 17.4. The third-order valence-electron chi connectivity index (χ3n) is 2.65. The summed E-state index contributed by atoms with van der Waals surface area (Å²) >= 11 is 12.0. The first-order valence-electron chi connectivity index (χ1n) is 8.09. The average molecular weight is 441 g/mol. The number of rotatable bonds is 4. The Labute approximate surface area is 178 Å². The molecule has 2 rings (SSSR count). The normalized spacial score (nSPS) is 10.3.